The first-order valence-corrected chi connectivity index (χ1v) is 9.06. The molecule has 9 heteroatoms. The summed E-state index contributed by atoms with van der Waals surface area (Å²) in [6, 6.07) is 12.4. The van der Waals surface area contributed by atoms with Crippen molar-refractivity contribution < 1.29 is 32.5 Å². The first-order chi connectivity index (χ1) is 13.8. The molecule has 2 aromatic rings. The number of benzene rings is 2. The van der Waals surface area contributed by atoms with Crippen molar-refractivity contribution in [3.05, 3.63) is 54.1 Å². The maximum absolute atomic E-state index is 12.5. The number of carbonyl (C=O) groups excluding carboxylic acids is 1. The highest BCUT2D eigenvalue weighted by Gasteiger charge is 2.33. The predicted molar refractivity (Wildman–Crippen MR) is 99.6 cm³/mol. The van der Waals surface area contributed by atoms with Gasteiger partial charge in [0.2, 0.25) is 0 Å². The normalized spacial score (nSPS) is 16.6. The molecule has 0 aromatic heterocycles. The number of halogens is 3. The lowest BCUT2D eigenvalue weighted by molar-refractivity contribution is -0.274. The van der Waals surface area contributed by atoms with E-state index in [-0.39, 0.29) is 36.6 Å². The second-order valence-electron chi connectivity index (χ2n) is 6.60. The molecule has 1 aliphatic heterocycles. The first-order valence-electron chi connectivity index (χ1n) is 9.06. The number of aliphatic hydroxyl groups is 1. The minimum Gasteiger partial charge on any atom is -0.484 e. The Balaban J connectivity index is 1.51. The minimum atomic E-state index is -4.78. The lowest BCUT2D eigenvalue weighted by Crippen LogP contribution is -2.35. The molecule has 1 heterocycles. The molecule has 1 saturated heterocycles. The number of amides is 1. The van der Waals surface area contributed by atoms with Gasteiger partial charge in [-0.05, 0) is 36.2 Å². The highest BCUT2D eigenvalue weighted by Crippen LogP contribution is 2.31. The van der Waals surface area contributed by atoms with Gasteiger partial charge in [0.15, 0.2) is 12.4 Å². The number of hydrogen-bond acceptors (Lipinski definition) is 5. The molecule has 6 nitrogen and oxygen atoms in total. The largest absolute Gasteiger partial charge is 0.573 e. The Labute approximate surface area is 165 Å². The molecule has 1 unspecified atom stereocenters. The van der Waals surface area contributed by atoms with Gasteiger partial charge in [0, 0.05) is 19.1 Å². The van der Waals surface area contributed by atoms with E-state index in [1.165, 1.54) is 18.2 Å². The summed E-state index contributed by atoms with van der Waals surface area (Å²) in [5, 5.41) is 12.0. The Morgan fingerprint density at radius 2 is 1.90 bits per heavy atom. The molecule has 1 atom stereocenters. The summed E-state index contributed by atoms with van der Waals surface area (Å²) < 4.78 is 47.1. The van der Waals surface area contributed by atoms with Gasteiger partial charge in [-0.3, -0.25) is 4.79 Å². The van der Waals surface area contributed by atoms with Gasteiger partial charge in [0.05, 0.1) is 12.3 Å². The maximum atomic E-state index is 12.5. The lowest BCUT2D eigenvalue weighted by Gasteiger charge is -2.20. The van der Waals surface area contributed by atoms with Crippen LogP contribution in [0.1, 0.15) is 12.0 Å². The highest BCUT2D eigenvalue weighted by atomic mass is 19.4. The third-order valence-corrected chi connectivity index (χ3v) is 4.48. The molecule has 29 heavy (non-hydrogen) atoms. The summed E-state index contributed by atoms with van der Waals surface area (Å²) in [6.07, 6.45) is -4.18. The molecule has 1 amide bonds. The zero-order valence-corrected chi connectivity index (χ0v) is 15.5. The topological polar surface area (TPSA) is 71.0 Å². The van der Waals surface area contributed by atoms with Gasteiger partial charge in [0.25, 0.3) is 5.91 Å². The predicted octanol–water partition coefficient (Wildman–Crippen LogP) is 3.17. The number of anilines is 1. The van der Waals surface area contributed by atoms with Crippen LogP contribution in [0, 0.1) is 0 Å². The fraction of sp³-hybridized carbons (Fsp3) is 0.350. The molecule has 0 aliphatic carbocycles. The number of para-hydroxylation sites is 2. The fourth-order valence-corrected chi connectivity index (χ4v) is 3.05. The second-order valence-corrected chi connectivity index (χ2v) is 6.60. The molecule has 0 radical (unpaired) electrons. The second kappa shape index (κ2) is 9.04. The molecule has 2 N–H and O–H groups in total. The van der Waals surface area contributed by atoms with Gasteiger partial charge in [0.1, 0.15) is 5.75 Å². The number of rotatable bonds is 7. The Kier molecular flexibility index (Phi) is 6.48. The molecule has 1 aliphatic rings. The van der Waals surface area contributed by atoms with E-state index >= 15 is 0 Å². The van der Waals surface area contributed by atoms with Gasteiger partial charge < -0.3 is 24.8 Å². The van der Waals surface area contributed by atoms with Crippen LogP contribution in [-0.4, -0.2) is 48.0 Å². The van der Waals surface area contributed by atoms with E-state index in [1.807, 2.05) is 0 Å². The number of hydrogen-bond donors (Lipinski definition) is 2. The van der Waals surface area contributed by atoms with E-state index < -0.39 is 6.36 Å². The van der Waals surface area contributed by atoms with Crippen molar-refractivity contribution in [2.75, 3.05) is 25.0 Å². The highest BCUT2D eigenvalue weighted by molar-refractivity contribution is 5.78. The average Bonchev–Trinajstić information content (AvgIpc) is 3.15. The molecule has 1 fully saturated rings. The van der Waals surface area contributed by atoms with E-state index in [9.17, 15) is 18.0 Å². The SMILES string of the molecule is O=C(COc1ccc(CO)cc1)N1CCC(Nc2ccccc2OC(F)(F)F)C1. The van der Waals surface area contributed by atoms with Crippen molar-refractivity contribution in [2.45, 2.75) is 25.4 Å². The monoisotopic (exact) mass is 410 g/mol. The van der Waals surface area contributed by atoms with Crippen molar-refractivity contribution in [1.82, 2.24) is 4.90 Å². The van der Waals surface area contributed by atoms with Crippen LogP contribution >= 0.6 is 0 Å². The smallest absolute Gasteiger partial charge is 0.484 e. The zero-order valence-electron chi connectivity index (χ0n) is 15.5. The summed E-state index contributed by atoms with van der Waals surface area (Å²) in [5.41, 5.74) is 0.969. The van der Waals surface area contributed by atoms with Crippen LogP contribution < -0.4 is 14.8 Å². The molecule has 3 rings (SSSR count). The zero-order chi connectivity index (χ0) is 20.9. The number of ether oxygens (including phenoxy) is 2. The maximum Gasteiger partial charge on any atom is 0.573 e. The molecule has 0 saturated carbocycles. The van der Waals surface area contributed by atoms with Gasteiger partial charge in [-0.2, -0.15) is 0 Å². The van der Waals surface area contributed by atoms with Crippen molar-refractivity contribution in [3.63, 3.8) is 0 Å². The van der Waals surface area contributed by atoms with E-state index in [0.29, 0.717) is 25.3 Å². The third-order valence-electron chi connectivity index (χ3n) is 4.48. The molecule has 0 bridgehead atoms. The number of carbonyl (C=O) groups is 1. The van der Waals surface area contributed by atoms with Gasteiger partial charge in [-0.1, -0.05) is 24.3 Å². The molecular weight excluding hydrogens is 389 g/mol. The molecular formula is C20H21F3N2O4. The van der Waals surface area contributed by atoms with Crippen molar-refractivity contribution in [1.29, 1.82) is 0 Å². The average molecular weight is 410 g/mol. The van der Waals surface area contributed by atoms with Crippen LogP contribution in [0.2, 0.25) is 0 Å². The van der Waals surface area contributed by atoms with Crippen LogP contribution in [0.15, 0.2) is 48.5 Å². The van der Waals surface area contributed by atoms with Gasteiger partial charge in [-0.25, -0.2) is 0 Å². The van der Waals surface area contributed by atoms with Gasteiger partial charge in [-0.15, -0.1) is 13.2 Å². The summed E-state index contributed by atoms with van der Waals surface area (Å²) in [4.78, 5) is 14.0. The standard InChI is InChI=1S/C20H21F3N2O4/c21-20(22,23)29-18-4-2-1-3-17(18)24-15-9-10-25(11-15)19(27)13-28-16-7-5-14(12-26)6-8-16/h1-8,15,24,26H,9-13H2. The van der Waals surface area contributed by atoms with Crippen LogP contribution in [0.5, 0.6) is 11.5 Å². The van der Waals surface area contributed by atoms with Crippen LogP contribution in [0.25, 0.3) is 0 Å². The number of alkyl halides is 3. The quantitative estimate of drug-likeness (QED) is 0.734. The fourth-order valence-electron chi connectivity index (χ4n) is 3.05. The van der Waals surface area contributed by atoms with E-state index in [0.717, 1.165) is 5.56 Å². The minimum absolute atomic E-state index is 0.0709. The number of nitrogens with zero attached hydrogens (tertiary/aromatic N) is 1. The van der Waals surface area contributed by atoms with E-state index in [4.69, 9.17) is 9.84 Å². The summed E-state index contributed by atoms with van der Waals surface area (Å²) in [6.45, 7) is 0.620. The Morgan fingerprint density at radius 1 is 1.17 bits per heavy atom. The van der Waals surface area contributed by atoms with E-state index in [1.54, 1.807) is 35.2 Å². The number of aliphatic hydroxyl groups excluding tert-OH is 1. The Bertz CT molecular complexity index is 827. The summed E-state index contributed by atoms with van der Waals surface area (Å²) in [7, 11) is 0. The lowest BCUT2D eigenvalue weighted by atomic mass is 10.2. The van der Waals surface area contributed by atoms with Crippen molar-refractivity contribution in [3.8, 4) is 11.5 Å². The van der Waals surface area contributed by atoms with E-state index in [2.05, 4.69) is 10.1 Å². The van der Waals surface area contributed by atoms with Crippen molar-refractivity contribution in [2.24, 2.45) is 0 Å². The number of likely N-dealkylation sites (tertiary alicyclic amines) is 1. The summed E-state index contributed by atoms with van der Waals surface area (Å²) >= 11 is 0. The Morgan fingerprint density at radius 3 is 2.59 bits per heavy atom. The van der Waals surface area contributed by atoms with Gasteiger partial charge >= 0.3 is 6.36 Å². The first kappa shape index (κ1) is 20.8. The molecule has 0 spiro atoms. The Hall–Kier alpha value is -2.94. The molecule has 2 aromatic carbocycles. The number of nitrogens with one attached hydrogen (secondary N) is 1. The van der Waals surface area contributed by atoms with Crippen LogP contribution in [-0.2, 0) is 11.4 Å². The van der Waals surface area contributed by atoms with Crippen LogP contribution in [0.4, 0.5) is 18.9 Å². The van der Waals surface area contributed by atoms with Crippen LogP contribution in [0.3, 0.4) is 0 Å². The van der Waals surface area contributed by atoms with Crippen molar-refractivity contribution >= 4 is 11.6 Å². The summed E-state index contributed by atoms with van der Waals surface area (Å²) in [5.74, 6) is 0.00226. The third kappa shape index (κ3) is 6.02. The molecule has 156 valence electrons.